The number of benzene rings is 2. The highest BCUT2D eigenvalue weighted by Gasteiger charge is 2.32. The van der Waals surface area contributed by atoms with Crippen LogP contribution >= 0.6 is 11.3 Å². The lowest BCUT2D eigenvalue weighted by atomic mass is 9.99. The maximum Gasteiger partial charge on any atom is 0.308 e. The van der Waals surface area contributed by atoms with Gasteiger partial charge in [-0.1, -0.05) is 42.5 Å². The van der Waals surface area contributed by atoms with Gasteiger partial charge in [0.15, 0.2) is 5.82 Å². The summed E-state index contributed by atoms with van der Waals surface area (Å²) in [5.74, 6) is 1.11. The van der Waals surface area contributed by atoms with Crippen molar-refractivity contribution in [3.8, 4) is 5.00 Å². The maximum absolute atomic E-state index is 12.3. The minimum atomic E-state index is -0.489. The van der Waals surface area contributed by atoms with Crippen LogP contribution in [0.3, 0.4) is 0 Å². The molecule has 3 heterocycles. The van der Waals surface area contributed by atoms with E-state index in [1.54, 1.807) is 11.3 Å². The van der Waals surface area contributed by atoms with Gasteiger partial charge in [-0.2, -0.15) is 0 Å². The molecule has 2 aromatic heterocycles. The van der Waals surface area contributed by atoms with E-state index in [9.17, 15) is 4.79 Å². The van der Waals surface area contributed by atoms with Crippen LogP contribution in [-0.4, -0.2) is 40.1 Å². The number of rotatable bonds is 7. The summed E-state index contributed by atoms with van der Waals surface area (Å²) in [6, 6.07) is 18.3. The van der Waals surface area contributed by atoms with Gasteiger partial charge in [0.2, 0.25) is 0 Å². The van der Waals surface area contributed by atoms with Gasteiger partial charge in [0.1, 0.15) is 16.9 Å². The Labute approximate surface area is 214 Å². The number of hydrogen-bond donors (Lipinski definition) is 1. The summed E-state index contributed by atoms with van der Waals surface area (Å²) in [6.07, 6.45) is 1.06. The van der Waals surface area contributed by atoms with Crippen molar-refractivity contribution in [2.75, 3.05) is 19.0 Å². The van der Waals surface area contributed by atoms with Crippen LogP contribution in [0.2, 0.25) is 0 Å². The molecular weight excluding hydrogens is 470 g/mol. The zero-order chi connectivity index (χ0) is 25.2. The third kappa shape index (κ3) is 4.56. The molecule has 0 fully saturated rings. The predicted octanol–water partition coefficient (Wildman–Crippen LogP) is 5.36. The van der Waals surface area contributed by atoms with Crippen molar-refractivity contribution in [2.24, 2.45) is 4.99 Å². The molecule has 1 aliphatic rings. The van der Waals surface area contributed by atoms with Crippen molar-refractivity contribution < 1.29 is 9.53 Å². The van der Waals surface area contributed by atoms with Crippen LogP contribution in [0.15, 0.2) is 59.6 Å². The number of carbonyl (C=O) groups excluding carboxylic acids is 1. The molecule has 0 saturated carbocycles. The second kappa shape index (κ2) is 10.1. The van der Waals surface area contributed by atoms with E-state index < -0.39 is 6.04 Å². The number of fused-ring (bicyclic) bond motifs is 3. The molecule has 36 heavy (non-hydrogen) atoms. The lowest BCUT2D eigenvalue weighted by Gasteiger charge is -2.12. The summed E-state index contributed by atoms with van der Waals surface area (Å²) in [6.45, 7) is 7.03. The van der Waals surface area contributed by atoms with E-state index in [1.807, 2.05) is 17.6 Å². The molecule has 8 heteroatoms. The van der Waals surface area contributed by atoms with Gasteiger partial charge in [-0.05, 0) is 50.5 Å². The van der Waals surface area contributed by atoms with Crippen molar-refractivity contribution in [3.05, 3.63) is 93.4 Å². The Hall–Kier alpha value is -3.78. The Balaban J connectivity index is 1.49. The lowest BCUT2D eigenvalue weighted by molar-refractivity contribution is -0.141. The molecule has 0 spiro atoms. The predicted molar refractivity (Wildman–Crippen MR) is 144 cm³/mol. The molecule has 5 rings (SSSR count). The fourth-order valence-electron chi connectivity index (χ4n) is 4.51. The average molecular weight is 500 g/mol. The highest BCUT2D eigenvalue weighted by molar-refractivity contribution is 7.15. The van der Waals surface area contributed by atoms with E-state index in [4.69, 9.17) is 9.73 Å². The van der Waals surface area contributed by atoms with Gasteiger partial charge < -0.3 is 10.1 Å². The Morgan fingerprint density at radius 1 is 1.06 bits per heavy atom. The third-order valence-electron chi connectivity index (χ3n) is 6.57. The summed E-state index contributed by atoms with van der Waals surface area (Å²) in [7, 11) is 1.40. The molecule has 0 aliphatic carbocycles. The summed E-state index contributed by atoms with van der Waals surface area (Å²) >= 11 is 1.70. The van der Waals surface area contributed by atoms with Crippen LogP contribution in [0.25, 0.3) is 5.00 Å². The molecule has 0 radical (unpaired) electrons. The Kier molecular flexibility index (Phi) is 6.69. The largest absolute Gasteiger partial charge is 0.469 e. The number of esters is 1. The normalized spacial score (nSPS) is 14.4. The molecule has 184 valence electrons. The molecule has 0 bridgehead atoms. The van der Waals surface area contributed by atoms with Gasteiger partial charge in [0.25, 0.3) is 0 Å². The molecule has 7 nitrogen and oxygen atoms in total. The molecular formula is C28H29N5O2S. The first kappa shape index (κ1) is 23.9. The molecule has 1 atom stereocenters. The second-order valence-corrected chi connectivity index (χ2v) is 10.1. The standard InChI is InChI=1S/C28H29N5O2S/c1-17-18(2)36-28-25(17)26(30-23(16-24(34)35-4)27-32-31-19(3)33(27)28)21-10-12-22(13-11-21)29-15-14-20-8-6-5-7-9-20/h5-13,23,29H,14-16H2,1-4H3/t23-/m0/s1. The van der Waals surface area contributed by atoms with Gasteiger partial charge in [-0.15, -0.1) is 21.5 Å². The second-order valence-electron chi connectivity index (χ2n) is 8.92. The van der Waals surface area contributed by atoms with E-state index in [0.29, 0.717) is 5.82 Å². The quantitative estimate of drug-likeness (QED) is 0.346. The summed E-state index contributed by atoms with van der Waals surface area (Å²) < 4.78 is 7.02. The Morgan fingerprint density at radius 3 is 2.53 bits per heavy atom. The van der Waals surface area contributed by atoms with Gasteiger partial charge in [0.05, 0.1) is 19.2 Å². The van der Waals surface area contributed by atoms with Crippen LogP contribution in [0.1, 0.15) is 51.2 Å². The van der Waals surface area contributed by atoms with Crippen LogP contribution in [-0.2, 0) is 16.0 Å². The Morgan fingerprint density at radius 2 is 1.81 bits per heavy atom. The summed E-state index contributed by atoms with van der Waals surface area (Å²) in [4.78, 5) is 18.6. The Bertz CT molecular complexity index is 1420. The molecule has 1 aliphatic heterocycles. The minimum absolute atomic E-state index is 0.101. The van der Waals surface area contributed by atoms with E-state index in [2.05, 4.69) is 77.9 Å². The van der Waals surface area contributed by atoms with Crippen molar-refractivity contribution in [3.63, 3.8) is 0 Å². The fourth-order valence-corrected chi connectivity index (χ4v) is 5.72. The number of aliphatic imine (C=N–C) groups is 1. The van der Waals surface area contributed by atoms with Crippen molar-refractivity contribution >= 4 is 28.7 Å². The molecule has 0 saturated heterocycles. The lowest BCUT2D eigenvalue weighted by Crippen LogP contribution is -2.12. The van der Waals surface area contributed by atoms with Crippen LogP contribution in [0.5, 0.6) is 0 Å². The fraction of sp³-hybridized carbons (Fsp3) is 0.286. The number of ether oxygens (including phenoxy) is 1. The number of hydrogen-bond acceptors (Lipinski definition) is 7. The van der Waals surface area contributed by atoms with E-state index in [1.165, 1.54) is 23.1 Å². The number of aromatic nitrogens is 3. The van der Waals surface area contributed by atoms with Crippen molar-refractivity contribution in [1.29, 1.82) is 0 Å². The number of nitrogens with zero attached hydrogens (tertiary/aromatic N) is 4. The molecule has 0 amide bonds. The molecule has 0 unspecified atom stereocenters. The van der Waals surface area contributed by atoms with Crippen LogP contribution in [0, 0.1) is 20.8 Å². The van der Waals surface area contributed by atoms with Crippen molar-refractivity contribution in [2.45, 2.75) is 39.7 Å². The molecule has 1 N–H and O–H groups in total. The minimum Gasteiger partial charge on any atom is -0.469 e. The zero-order valence-corrected chi connectivity index (χ0v) is 21.7. The first-order valence-corrected chi connectivity index (χ1v) is 12.8. The van der Waals surface area contributed by atoms with Crippen LogP contribution < -0.4 is 5.32 Å². The third-order valence-corrected chi connectivity index (χ3v) is 7.76. The topological polar surface area (TPSA) is 81.4 Å². The average Bonchev–Trinajstić information content (AvgIpc) is 3.37. The van der Waals surface area contributed by atoms with E-state index in [0.717, 1.165) is 46.3 Å². The van der Waals surface area contributed by atoms with Gasteiger partial charge in [-0.25, -0.2) is 0 Å². The number of anilines is 1. The maximum atomic E-state index is 12.3. The number of thiophene rings is 1. The number of nitrogens with one attached hydrogen (secondary N) is 1. The highest BCUT2D eigenvalue weighted by Crippen LogP contribution is 2.39. The summed E-state index contributed by atoms with van der Waals surface area (Å²) in [5.41, 5.74) is 6.47. The van der Waals surface area contributed by atoms with E-state index >= 15 is 0 Å². The highest BCUT2D eigenvalue weighted by atomic mass is 32.1. The molecule has 2 aromatic carbocycles. The first-order valence-electron chi connectivity index (χ1n) is 12.0. The monoisotopic (exact) mass is 499 g/mol. The molecule has 4 aromatic rings. The van der Waals surface area contributed by atoms with E-state index in [-0.39, 0.29) is 12.4 Å². The zero-order valence-electron chi connectivity index (χ0n) is 20.9. The van der Waals surface area contributed by atoms with Gasteiger partial charge >= 0.3 is 5.97 Å². The number of methoxy groups -OCH3 is 1. The van der Waals surface area contributed by atoms with Crippen LogP contribution in [0.4, 0.5) is 5.69 Å². The summed E-state index contributed by atoms with van der Waals surface area (Å²) in [5, 5.41) is 13.3. The first-order chi connectivity index (χ1) is 17.5. The SMILES string of the molecule is COC(=O)C[C@@H]1N=C(c2ccc(NCCc3ccccc3)cc2)c2c(sc(C)c2C)-n2c(C)nnc21. The van der Waals surface area contributed by atoms with Gasteiger partial charge in [-0.3, -0.25) is 14.4 Å². The smallest absolute Gasteiger partial charge is 0.308 e. The van der Waals surface area contributed by atoms with Gasteiger partial charge in [0, 0.05) is 28.2 Å². The van der Waals surface area contributed by atoms with Crippen molar-refractivity contribution in [1.82, 2.24) is 14.8 Å². The number of aryl methyl sites for hydroxylation is 2. The number of carbonyl (C=O) groups is 1.